The third-order valence-corrected chi connectivity index (χ3v) is 4.00. The fraction of sp³-hybridized carbons (Fsp3) is 0.833. The summed E-state index contributed by atoms with van der Waals surface area (Å²) in [5.41, 5.74) is 0.504. The van der Waals surface area contributed by atoms with E-state index < -0.39 is 0 Å². The Bertz CT molecular complexity index is 342. The smallest absolute Gasteiger partial charge is 0.202 e. The molecule has 3 nitrogen and oxygen atoms in total. The largest absolute Gasteiger partial charge is 0.360 e. The van der Waals surface area contributed by atoms with Crippen LogP contribution in [0.25, 0.3) is 0 Å². The molecule has 1 fully saturated rings. The van der Waals surface area contributed by atoms with Gasteiger partial charge in [-0.15, -0.1) is 0 Å². The second-order valence-electron chi connectivity index (χ2n) is 5.63. The van der Waals surface area contributed by atoms with Gasteiger partial charge in [0.15, 0.2) is 0 Å². The van der Waals surface area contributed by atoms with Crippen molar-refractivity contribution in [1.29, 1.82) is 0 Å². The maximum absolute atomic E-state index is 4.51. The van der Waals surface area contributed by atoms with E-state index in [0.29, 0.717) is 11.3 Å². The Morgan fingerprint density at radius 1 is 1.44 bits per heavy atom. The van der Waals surface area contributed by atoms with Crippen LogP contribution in [0.1, 0.15) is 45.9 Å². The highest BCUT2D eigenvalue weighted by Crippen LogP contribution is 2.40. The van der Waals surface area contributed by atoms with Gasteiger partial charge in [-0.2, -0.15) is 4.37 Å². The average Bonchev–Trinajstić information content (AvgIpc) is 2.58. The highest BCUT2D eigenvalue weighted by atomic mass is 32.1. The van der Waals surface area contributed by atoms with Crippen LogP contribution >= 0.6 is 11.5 Å². The summed E-state index contributed by atoms with van der Waals surface area (Å²) in [6.07, 6.45) is 5.05. The molecule has 2 rings (SSSR count). The first kappa shape index (κ1) is 11.8. The van der Waals surface area contributed by atoms with Crippen LogP contribution < -0.4 is 5.32 Å². The lowest BCUT2D eigenvalue weighted by molar-refractivity contribution is 0.180. The van der Waals surface area contributed by atoms with Crippen LogP contribution in [0.5, 0.6) is 0 Å². The second kappa shape index (κ2) is 4.70. The third-order valence-electron chi connectivity index (χ3n) is 3.29. The lowest BCUT2D eigenvalue weighted by Gasteiger charge is -2.38. The van der Waals surface area contributed by atoms with Crippen molar-refractivity contribution >= 4 is 16.7 Å². The van der Waals surface area contributed by atoms with Crippen molar-refractivity contribution in [3.05, 3.63) is 5.82 Å². The van der Waals surface area contributed by atoms with Gasteiger partial charge in [0.1, 0.15) is 5.82 Å². The van der Waals surface area contributed by atoms with E-state index in [9.17, 15) is 0 Å². The molecule has 1 aliphatic carbocycles. The van der Waals surface area contributed by atoms with Gasteiger partial charge >= 0.3 is 0 Å². The SMILES string of the molecule is CC(C)Cc1nsc(NCC2(C)CCC2)n1. The Hall–Kier alpha value is -0.640. The number of anilines is 1. The van der Waals surface area contributed by atoms with E-state index in [1.54, 1.807) is 0 Å². The molecule has 1 N–H and O–H groups in total. The van der Waals surface area contributed by atoms with Crippen LogP contribution in [0.2, 0.25) is 0 Å². The first-order valence-corrected chi connectivity index (χ1v) is 6.91. The molecule has 16 heavy (non-hydrogen) atoms. The monoisotopic (exact) mass is 239 g/mol. The van der Waals surface area contributed by atoms with Gasteiger partial charge in [-0.3, -0.25) is 0 Å². The number of hydrogen-bond donors (Lipinski definition) is 1. The molecular formula is C12H21N3S. The van der Waals surface area contributed by atoms with Gasteiger partial charge in [0.2, 0.25) is 5.13 Å². The number of rotatable bonds is 5. The zero-order valence-corrected chi connectivity index (χ0v) is 11.2. The maximum atomic E-state index is 4.51. The molecule has 0 bridgehead atoms. The molecule has 1 saturated carbocycles. The van der Waals surface area contributed by atoms with Crippen molar-refractivity contribution < 1.29 is 0 Å². The fourth-order valence-electron chi connectivity index (χ4n) is 2.02. The van der Waals surface area contributed by atoms with Gasteiger partial charge in [-0.1, -0.05) is 27.2 Å². The summed E-state index contributed by atoms with van der Waals surface area (Å²) in [6, 6.07) is 0. The average molecular weight is 239 g/mol. The van der Waals surface area contributed by atoms with Crippen LogP contribution in [0.3, 0.4) is 0 Å². The summed E-state index contributed by atoms with van der Waals surface area (Å²) in [7, 11) is 0. The topological polar surface area (TPSA) is 37.8 Å². The molecule has 1 aromatic heterocycles. The Labute approximate surface area is 102 Å². The van der Waals surface area contributed by atoms with Crippen LogP contribution in [0.4, 0.5) is 5.13 Å². The van der Waals surface area contributed by atoms with Gasteiger partial charge in [0, 0.05) is 24.5 Å². The first-order valence-electron chi connectivity index (χ1n) is 6.14. The van der Waals surface area contributed by atoms with Gasteiger partial charge in [-0.05, 0) is 24.2 Å². The molecule has 0 radical (unpaired) electrons. The molecule has 90 valence electrons. The molecule has 1 aliphatic rings. The normalized spacial score (nSPS) is 18.5. The first-order chi connectivity index (χ1) is 7.57. The van der Waals surface area contributed by atoms with Gasteiger partial charge < -0.3 is 5.32 Å². The molecule has 0 aliphatic heterocycles. The minimum atomic E-state index is 0.504. The van der Waals surface area contributed by atoms with Gasteiger partial charge in [-0.25, -0.2) is 4.98 Å². The van der Waals surface area contributed by atoms with E-state index in [1.165, 1.54) is 30.8 Å². The van der Waals surface area contributed by atoms with Crippen LogP contribution in [-0.2, 0) is 6.42 Å². The van der Waals surface area contributed by atoms with Crippen LogP contribution in [-0.4, -0.2) is 15.9 Å². The zero-order valence-electron chi connectivity index (χ0n) is 10.4. The molecule has 0 spiro atoms. The predicted octanol–water partition coefficient (Wildman–Crippen LogP) is 3.34. The van der Waals surface area contributed by atoms with E-state index in [2.05, 4.69) is 35.4 Å². The quantitative estimate of drug-likeness (QED) is 0.856. The molecule has 4 heteroatoms. The fourth-order valence-corrected chi connectivity index (χ4v) is 2.61. The number of nitrogens with zero attached hydrogens (tertiary/aromatic N) is 2. The number of hydrogen-bond acceptors (Lipinski definition) is 4. The van der Waals surface area contributed by atoms with Crippen molar-refractivity contribution in [2.75, 3.05) is 11.9 Å². The number of aromatic nitrogens is 2. The molecular weight excluding hydrogens is 218 g/mol. The predicted molar refractivity (Wildman–Crippen MR) is 68.9 cm³/mol. The summed E-state index contributed by atoms with van der Waals surface area (Å²) in [6.45, 7) is 7.79. The molecule has 0 saturated heterocycles. The van der Waals surface area contributed by atoms with Crippen molar-refractivity contribution in [3.63, 3.8) is 0 Å². The highest BCUT2D eigenvalue weighted by molar-refractivity contribution is 7.09. The summed E-state index contributed by atoms with van der Waals surface area (Å²) >= 11 is 1.49. The Kier molecular flexibility index (Phi) is 3.47. The third kappa shape index (κ3) is 2.94. The Morgan fingerprint density at radius 2 is 2.19 bits per heavy atom. The maximum Gasteiger partial charge on any atom is 0.202 e. The minimum Gasteiger partial charge on any atom is -0.360 e. The highest BCUT2D eigenvalue weighted by Gasteiger charge is 2.31. The van der Waals surface area contributed by atoms with E-state index in [0.717, 1.165) is 23.9 Å². The van der Waals surface area contributed by atoms with Gasteiger partial charge in [0.05, 0.1) is 0 Å². The molecule has 0 atom stereocenters. The van der Waals surface area contributed by atoms with Crippen LogP contribution in [0.15, 0.2) is 0 Å². The van der Waals surface area contributed by atoms with Crippen LogP contribution in [0, 0.1) is 11.3 Å². The molecule has 0 unspecified atom stereocenters. The van der Waals surface area contributed by atoms with E-state index >= 15 is 0 Å². The van der Waals surface area contributed by atoms with Gasteiger partial charge in [0.25, 0.3) is 0 Å². The van der Waals surface area contributed by atoms with E-state index in [1.807, 2.05) is 0 Å². The zero-order chi connectivity index (χ0) is 11.6. The molecule has 1 aromatic rings. The van der Waals surface area contributed by atoms with Crippen molar-refractivity contribution in [2.24, 2.45) is 11.3 Å². The standard InChI is InChI=1S/C12H21N3S/c1-9(2)7-10-14-11(16-15-10)13-8-12(3)5-4-6-12/h9H,4-8H2,1-3H3,(H,13,14,15). The Balaban J connectivity index is 1.83. The Morgan fingerprint density at radius 3 is 2.75 bits per heavy atom. The summed E-state index contributed by atoms with van der Waals surface area (Å²) < 4.78 is 4.37. The summed E-state index contributed by atoms with van der Waals surface area (Å²) in [4.78, 5) is 4.51. The minimum absolute atomic E-state index is 0.504. The summed E-state index contributed by atoms with van der Waals surface area (Å²) in [5, 5.41) is 4.42. The molecule has 0 amide bonds. The second-order valence-corrected chi connectivity index (χ2v) is 6.38. The lowest BCUT2D eigenvalue weighted by Crippen LogP contribution is -2.33. The van der Waals surface area contributed by atoms with Crippen molar-refractivity contribution in [3.8, 4) is 0 Å². The molecule has 0 aromatic carbocycles. The van der Waals surface area contributed by atoms with Crippen molar-refractivity contribution in [2.45, 2.75) is 46.5 Å². The van der Waals surface area contributed by atoms with Crippen molar-refractivity contribution in [1.82, 2.24) is 9.36 Å². The number of nitrogens with one attached hydrogen (secondary N) is 1. The van der Waals surface area contributed by atoms with E-state index in [4.69, 9.17) is 0 Å². The lowest BCUT2D eigenvalue weighted by atomic mass is 9.70. The molecule has 1 heterocycles. The summed E-state index contributed by atoms with van der Waals surface area (Å²) in [5.74, 6) is 1.62. The van der Waals surface area contributed by atoms with E-state index in [-0.39, 0.29) is 0 Å².